The van der Waals surface area contributed by atoms with E-state index in [0.29, 0.717) is 21.7 Å². The quantitative estimate of drug-likeness (QED) is 0.856. The number of benzene rings is 1. The SMILES string of the molecule is CCCNC1CCC(NC(=O)c2ccc(Cl)cc2Cl)CC1. The summed E-state index contributed by atoms with van der Waals surface area (Å²) in [5.41, 5.74) is 0.493. The van der Waals surface area contributed by atoms with Crippen LogP contribution in [0.4, 0.5) is 0 Å². The van der Waals surface area contributed by atoms with E-state index in [1.165, 1.54) is 0 Å². The predicted molar refractivity (Wildman–Crippen MR) is 88.3 cm³/mol. The van der Waals surface area contributed by atoms with E-state index in [-0.39, 0.29) is 11.9 Å². The lowest BCUT2D eigenvalue weighted by atomic mass is 9.91. The van der Waals surface area contributed by atoms with Crippen molar-refractivity contribution in [2.75, 3.05) is 6.54 Å². The Kier molecular flexibility index (Phi) is 6.34. The number of amides is 1. The van der Waals surface area contributed by atoms with Gasteiger partial charge in [0.05, 0.1) is 10.6 Å². The van der Waals surface area contributed by atoms with Crippen LogP contribution in [-0.2, 0) is 0 Å². The first kappa shape index (κ1) is 16.6. The van der Waals surface area contributed by atoms with Gasteiger partial charge >= 0.3 is 0 Å². The monoisotopic (exact) mass is 328 g/mol. The fourth-order valence-corrected chi connectivity index (χ4v) is 3.22. The Morgan fingerprint density at radius 3 is 2.48 bits per heavy atom. The van der Waals surface area contributed by atoms with Crippen LogP contribution in [0.2, 0.25) is 10.0 Å². The number of rotatable bonds is 5. The van der Waals surface area contributed by atoms with Crippen LogP contribution in [0.25, 0.3) is 0 Å². The van der Waals surface area contributed by atoms with Crippen LogP contribution in [0.15, 0.2) is 18.2 Å². The van der Waals surface area contributed by atoms with Crippen molar-refractivity contribution < 1.29 is 4.79 Å². The van der Waals surface area contributed by atoms with Gasteiger partial charge in [0.25, 0.3) is 5.91 Å². The molecule has 1 aromatic carbocycles. The average Bonchev–Trinajstić information content (AvgIpc) is 2.46. The molecule has 0 atom stereocenters. The highest BCUT2D eigenvalue weighted by Crippen LogP contribution is 2.23. The summed E-state index contributed by atoms with van der Waals surface area (Å²) < 4.78 is 0. The molecule has 1 aromatic rings. The number of halogens is 2. The van der Waals surface area contributed by atoms with E-state index >= 15 is 0 Å². The second kappa shape index (κ2) is 8.02. The molecule has 2 rings (SSSR count). The molecule has 0 heterocycles. The summed E-state index contributed by atoms with van der Waals surface area (Å²) in [5, 5.41) is 7.56. The lowest BCUT2D eigenvalue weighted by molar-refractivity contribution is 0.0924. The molecule has 0 bridgehead atoms. The van der Waals surface area contributed by atoms with Crippen LogP contribution in [0.5, 0.6) is 0 Å². The fourth-order valence-electron chi connectivity index (χ4n) is 2.73. The van der Waals surface area contributed by atoms with Gasteiger partial charge in [-0.25, -0.2) is 0 Å². The number of hydrogen-bond acceptors (Lipinski definition) is 2. The predicted octanol–water partition coefficient (Wildman–Crippen LogP) is 4.03. The molecule has 1 saturated carbocycles. The van der Waals surface area contributed by atoms with Crippen molar-refractivity contribution in [1.82, 2.24) is 10.6 Å². The van der Waals surface area contributed by atoms with Crippen LogP contribution < -0.4 is 10.6 Å². The molecule has 1 aliphatic rings. The van der Waals surface area contributed by atoms with Gasteiger partial charge in [0.1, 0.15) is 0 Å². The summed E-state index contributed by atoms with van der Waals surface area (Å²) in [5.74, 6) is -0.110. The summed E-state index contributed by atoms with van der Waals surface area (Å²) in [4.78, 5) is 12.2. The molecule has 0 aliphatic heterocycles. The molecule has 0 radical (unpaired) electrons. The van der Waals surface area contributed by atoms with Crippen molar-refractivity contribution >= 4 is 29.1 Å². The Balaban J connectivity index is 1.84. The Hall–Kier alpha value is -0.770. The number of carbonyl (C=O) groups excluding carboxylic acids is 1. The van der Waals surface area contributed by atoms with Crippen LogP contribution in [0, 0.1) is 0 Å². The zero-order chi connectivity index (χ0) is 15.2. The summed E-state index contributed by atoms with van der Waals surface area (Å²) in [7, 11) is 0. The molecule has 0 spiro atoms. The Morgan fingerprint density at radius 2 is 1.86 bits per heavy atom. The van der Waals surface area contributed by atoms with Crippen molar-refractivity contribution in [3.8, 4) is 0 Å². The van der Waals surface area contributed by atoms with E-state index in [1.54, 1.807) is 18.2 Å². The molecule has 21 heavy (non-hydrogen) atoms. The lowest BCUT2D eigenvalue weighted by Gasteiger charge is -2.29. The van der Waals surface area contributed by atoms with Gasteiger partial charge in [0, 0.05) is 17.1 Å². The first-order valence-corrected chi connectivity index (χ1v) is 8.35. The highest BCUT2D eigenvalue weighted by atomic mass is 35.5. The second-order valence-corrected chi connectivity index (χ2v) is 6.44. The van der Waals surface area contributed by atoms with Crippen LogP contribution >= 0.6 is 23.2 Å². The zero-order valence-corrected chi connectivity index (χ0v) is 13.8. The topological polar surface area (TPSA) is 41.1 Å². The zero-order valence-electron chi connectivity index (χ0n) is 12.3. The normalized spacial score (nSPS) is 22.0. The summed E-state index contributed by atoms with van der Waals surface area (Å²) in [6.07, 6.45) is 5.40. The van der Waals surface area contributed by atoms with Gasteiger partial charge in [-0.2, -0.15) is 0 Å². The third-order valence-electron chi connectivity index (χ3n) is 3.92. The van der Waals surface area contributed by atoms with Crippen molar-refractivity contribution in [2.45, 2.75) is 51.1 Å². The van der Waals surface area contributed by atoms with Crippen LogP contribution in [0.3, 0.4) is 0 Å². The largest absolute Gasteiger partial charge is 0.349 e. The molecule has 0 saturated heterocycles. The van der Waals surface area contributed by atoms with Crippen molar-refractivity contribution in [3.63, 3.8) is 0 Å². The average molecular weight is 329 g/mol. The number of carbonyl (C=O) groups is 1. The van der Waals surface area contributed by atoms with Gasteiger partial charge in [-0.05, 0) is 56.8 Å². The van der Waals surface area contributed by atoms with Gasteiger partial charge in [0.15, 0.2) is 0 Å². The van der Waals surface area contributed by atoms with Gasteiger partial charge in [-0.1, -0.05) is 30.1 Å². The molecule has 3 nitrogen and oxygen atoms in total. The fraction of sp³-hybridized carbons (Fsp3) is 0.562. The smallest absolute Gasteiger partial charge is 0.253 e. The third-order valence-corrected chi connectivity index (χ3v) is 4.47. The molecular weight excluding hydrogens is 307 g/mol. The van der Waals surface area contributed by atoms with E-state index in [1.807, 2.05) is 0 Å². The van der Waals surface area contributed by atoms with Gasteiger partial charge in [0.2, 0.25) is 0 Å². The molecule has 116 valence electrons. The minimum atomic E-state index is -0.110. The van der Waals surface area contributed by atoms with E-state index in [9.17, 15) is 4.79 Å². The van der Waals surface area contributed by atoms with Crippen molar-refractivity contribution in [3.05, 3.63) is 33.8 Å². The Labute approximate surface area is 136 Å². The number of nitrogens with one attached hydrogen (secondary N) is 2. The first-order valence-electron chi connectivity index (χ1n) is 7.59. The summed E-state index contributed by atoms with van der Waals surface area (Å²) in [6, 6.07) is 5.80. The van der Waals surface area contributed by atoms with Crippen LogP contribution in [0.1, 0.15) is 49.4 Å². The van der Waals surface area contributed by atoms with E-state index in [0.717, 1.165) is 38.6 Å². The maximum absolute atomic E-state index is 12.2. The van der Waals surface area contributed by atoms with Crippen LogP contribution in [-0.4, -0.2) is 24.5 Å². The summed E-state index contributed by atoms with van der Waals surface area (Å²) >= 11 is 11.9. The minimum absolute atomic E-state index is 0.110. The van der Waals surface area contributed by atoms with E-state index in [4.69, 9.17) is 23.2 Å². The second-order valence-electron chi connectivity index (χ2n) is 5.60. The first-order chi connectivity index (χ1) is 10.1. The highest BCUT2D eigenvalue weighted by molar-refractivity contribution is 6.36. The van der Waals surface area contributed by atoms with Crippen molar-refractivity contribution in [1.29, 1.82) is 0 Å². The van der Waals surface area contributed by atoms with Crippen molar-refractivity contribution in [2.24, 2.45) is 0 Å². The molecule has 2 N–H and O–H groups in total. The number of hydrogen-bond donors (Lipinski definition) is 2. The van der Waals surface area contributed by atoms with Gasteiger partial charge in [-0.15, -0.1) is 0 Å². The molecule has 1 aliphatic carbocycles. The maximum Gasteiger partial charge on any atom is 0.253 e. The lowest BCUT2D eigenvalue weighted by Crippen LogP contribution is -2.42. The van der Waals surface area contributed by atoms with E-state index in [2.05, 4.69) is 17.6 Å². The standard InChI is InChI=1S/C16H22Cl2N2O/c1-2-9-19-12-4-6-13(7-5-12)20-16(21)14-8-3-11(17)10-15(14)18/h3,8,10,12-13,19H,2,4-7,9H2,1H3,(H,20,21). The van der Waals surface area contributed by atoms with E-state index < -0.39 is 0 Å². The third kappa shape index (κ3) is 4.87. The molecule has 0 aromatic heterocycles. The minimum Gasteiger partial charge on any atom is -0.349 e. The molecule has 5 heteroatoms. The van der Waals surface area contributed by atoms with Gasteiger partial charge in [-0.3, -0.25) is 4.79 Å². The molecular formula is C16H22Cl2N2O. The maximum atomic E-state index is 12.2. The highest BCUT2D eigenvalue weighted by Gasteiger charge is 2.22. The Morgan fingerprint density at radius 1 is 1.19 bits per heavy atom. The molecule has 1 fully saturated rings. The summed E-state index contributed by atoms with van der Waals surface area (Å²) in [6.45, 7) is 3.25. The Bertz CT molecular complexity index is 485. The van der Waals surface area contributed by atoms with Gasteiger partial charge < -0.3 is 10.6 Å². The molecule has 1 amide bonds. The molecule has 0 unspecified atom stereocenters.